The zero-order valence-corrected chi connectivity index (χ0v) is 11.3. The Kier molecular flexibility index (Phi) is 4.22. The number of carbonyl (C=O) groups excluding carboxylic acids is 1. The predicted molar refractivity (Wildman–Crippen MR) is 76.0 cm³/mol. The summed E-state index contributed by atoms with van der Waals surface area (Å²) in [7, 11) is 0. The smallest absolute Gasteiger partial charge is 0.251 e. The monoisotopic (exact) mass is 275 g/mol. The van der Waals surface area contributed by atoms with Gasteiger partial charge in [-0.15, -0.1) is 12.6 Å². The van der Waals surface area contributed by atoms with Gasteiger partial charge < -0.3 is 5.32 Å². The van der Waals surface area contributed by atoms with Crippen molar-refractivity contribution in [3.63, 3.8) is 0 Å². The van der Waals surface area contributed by atoms with Crippen LogP contribution in [0.3, 0.4) is 0 Å². The Morgan fingerprint density at radius 2 is 1.95 bits per heavy atom. The van der Waals surface area contributed by atoms with Crippen LogP contribution in [0.4, 0.5) is 4.39 Å². The highest BCUT2D eigenvalue weighted by Crippen LogP contribution is 2.17. The number of benzene rings is 2. The number of rotatable bonds is 3. The predicted octanol–water partition coefficient (Wildman–Crippen LogP) is 3.61. The van der Waals surface area contributed by atoms with E-state index in [1.165, 1.54) is 6.07 Å². The van der Waals surface area contributed by atoms with Crippen LogP contribution < -0.4 is 5.32 Å². The van der Waals surface area contributed by atoms with Crippen LogP contribution in [0, 0.1) is 5.82 Å². The molecule has 1 atom stereocenters. The summed E-state index contributed by atoms with van der Waals surface area (Å²) in [4.78, 5) is 12.7. The second-order valence-electron chi connectivity index (χ2n) is 4.27. The third-order valence-corrected chi connectivity index (χ3v) is 3.11. The van der Waals surface area contributed by atoms with Crippen LogP contribution in [0.2, 0.25) is 0 Å². The van der Waals surface area contributed by atoms with Crippen LogP contribution in [-0.2, 0) is 0 Å². The zero-order chi connectivity index (χ0) is 13.8. The van der Waals surface area contributed by atoms with Crippen LogP contribution in [0.5, 0.6) is 0 Å². The molecule has 19 heavy (non-hydrogen) atoms. The van der Waals surface area contributed by atoms with Crippen molar-refractivity contribution >= 4 is 18.5 Å². The van der Waals surface area contributed by atoms with E-state index < -0.39 is 6.04 Å². The van der Waals surface area contributed by atoms with Crippen molar-refractivity contribution in [1.29, 1.82) is 0 Å². The van der Waals surface area contributed by atoms with E-state index in [0.29, 0.717) is 16.0 Å². The molecule has 0 aliphatic rings. The van der Waals surface area contributed by atoms with Gasteiger partial charge in [-0.3, -0.25) is 4.79 Å². The molecule has 0 aliphatic carbocycles. The largest absolute Gasteiger partial charge is 0.345 e. The van der Waals surface area contributed by atoms with Gasteiger partial charge in [-0.05, 0) is 31.2 Å². The molecular formula is C15H14FNOS. The minimum atomic E-state index is -0.391. The lowest BCUT2D eigenvalue weighted by Crippen LogP contribution is -2.27. The van der Waals surface area contributed by atoms with Crippen molar-refractivity contribution in [3.05, 3.63) is 65.5 Å². The van der Waals surface area contributed by atoms with Crippen molar-refractivity contribution in [2.24, 2.45) is 0 Å². The molecule has 4 heteroatoms. The lowest BCUT2D eigenvalue weighted by molar-refractivity contribution is 0.0939. The Balaban J connectivity index is 2.13. The van der Waals surface area contributed by atoms with Crippen LogP contribution in [-0.4, -0.2) is 5.91 Å². The Bertz CT molecular complexity index is 600. The van der Waals surface area contributed by atoms with Crippen LogP contribution >= 0.6 is 12.6 Å². The maximum Gasteiger partial charge on any atom is 0.251 e. The summed E-state index contributed by atoms with van der Waals surface area (Å²) >= 11 is 4.19. The Labute approximate surface area is 117 Å². The molecule has 0 saturated carbocycles. The summed E-state index contributed by atoms with van der Waals surface area (Å²) in [5.41, 5.74) is 0.980. The number of hydrogen-bond acceptors (Lipinski definition) is 2. The van der Waals surface area contributed by atoms with E-state index in [2.05, 4.69) is 17.9 Å². The molecule has 2 nitrogen and oxygen atoms in total. The number of nitrogens with one attached hydrogen (secondary N) is 1. The normalized spacial score (nSPS) is 11.9. The van der Waals surface area contributed by atoms with E-state index in [1.807, 2.05) is 0 Å². The highest BCUT2D eigenvalue weighted by atomic mass is 32.1. The van der Waals surface area contributed by atoms with Crippen molar-refractivity contribution in [3.8, 4) is 0 Å². The first kappa shape index (κ1) is 13.6. The fourth-order valence-electron chi connectivity index (χ4n) is 1.83. The molecule has 0 saturated heterocycles. The molecule has 0 aliphatic heterocycles. The highest BCUT2D eigenvalue weighted by Gasteiger charge is 2.14. The summed E-state index contributed by atoms with van der Waals surface area (Å²) in [5.74, 6) is -0.565. The van der Waals surface area contributed by atoms with Gasteiger partial charge in [0, 0.05) is 16.0 Å². The third-order valence-electron chi connectivity index (χ3n) is 2.83. The fraction of sp³-hybridized carbons (Fsp3) is 0.133. The van der Waals surface area contributed by atoms with Crippen molar-refractivity contribution in [2.45, 2.75) is 17.9 Å². The second kappa shape index (κ2) is 5.89. The fourth-order valence-corrected chi connectivity index (χ4v) is 2.06. The molecule has 0 aromatic heterocycles. The molecule has 0 radical (unpaired) electrons. The molecule has 2 rings (SSSR count). The average molecular weight is 275 g/mol. The maximum atomic E-state index is 13.6. The molecule has 0 spiro atoms. The van der Waals surface area contributed by atoms with Gasteiger partial charge in [0.05, 0.1) is 6.04 Å². The SMILES string of the molecule is CC(NC(=O)c1cccc(S)c1)c1ccccc1F. The van der Waals surface area contributed by atoms with Gasteiger partial charge in [0.2, 0.25) is 0 Å². The van der Waals surface area contributed by atoms with E-state index in [9.17, 15) is 9.18 Å². The molecule has 0 heterocycles. The van der Waals surface area contributed by atoms with Crippen molar-refractivity contribution in [1.82, 2.24) is 5.32 Å². The van der Waals surface area contributed by atoms with Gasteiger partial charge in [0.25, 0.3) is 5.91 Å². The van der Waals surface area contributed by atoms with Crippen molar-refractivity contribution < 1.29 is 9.18 Å². The van der Waals surface area contributed by atoms with Gasteiger partial charge in [-0.25, -0.2) is 4.39 Å². The van der Waals surface area contributed by atoms with Gasteiger partial charge >= 0.3 is 0 Å². The molecule has 0 fully saturated rings. The van der Waals surface area contributed by atoms with Crippen LogP contribution in [0.1, 0.15) is 28.9 Å². The summed E-state index contributed by atoms with van der Waals surface area (Å²) in [6, 6.07) is 12.9. The number of carbonyl (C=O) groups is 1. The molecule has 0 bridgehead atoms. The van der Waals surface area contributed by atoms with E-state index >= 15 is 0 Å². The standard InChI is InChI=1S/C15H14FNOS/c1-10(13-7-2-3-8-14(13)16)17-15(18)11-5-4-6-12(19)9-11/h2-10,19H,1H3,(H,17,18). The summed E-state index contributed by atoms with van der Waals surface area (Å²) in [5, 5.41) is 2.77. The Morgan fingerprint density at radius 1 is 1.21 bits per heavy atom. The van der Waals surface area contributed by atoms with E-state index in [0.717, 1.165) is 0 Å². The lowest BCUT2D eigenvalue weighted by atomic mass is 10.1. The van der Waals surface area contributed by atoms with Gasteiger partial charge in [0.15, 0.2) is 0 Å². The second-order valence-corrected chi connectivity index (χ2v) is 4.78. The number of halogens is 1. The third kappa shape index (κ3) is 3.35. The van der Waals surface area contributed by atoms with Crippen LogP contribution in [0.15, 0.2) is 53.4 Å². The maximum absolute atomic E-state index is 13.6. The van der Waals surface area contributed by atoms with Gasteiger partial charge in [0.1, 0.15) is 5.82 Å². The minimum absolute atomic E-state index is 0.244. The first-order valence-corrected chi connectivity index (χ1v) is 6.37. The minimum Gasteiger partial charge on any atom is -0.345 e. The molecule has 1 unspecified atom stereocenters. The number of thiol groups is 1. The quantitative estimate of drug-likeness (QED) is 0.823. The molecule has 1 amide bonds. The zero-order valence-electron chi connectivity index (χ0n) is 10.4. The van der Waals surface area contributed by atoms with E-state index in [4.69, 9.17) is 0 Å². The number of hydrogen-bond donors (Lipinski definition) is 2. The molecule has 1 N–H and O–H groups in total. The average Bonchev–Trinajstić information content (AvgIpc) is 2.39. The molecule has 2 aromatic carbocycles. The topological polar surface area (TPSA) is 29.1 Å². The van der Waals surface area contributed by atoms with Crippen molar-refractivity contribution in [2.75, 3.05) is 0 Å². The molecule has 98 valence electrons. The summed E-state index contributed by atoms with van der Waals surface area (Å²) in [6.45, 7) is 1.75. The lowest BCUT2D eigenvalue weighted by Gasteiger charge is -2.15. The highest BCUT2D eigenvalue weighted by molar-refractivity contribution is 7.80. The summed E-state index contributed by atoms with van der Waals surface area (Å²) < 4.78 is 13.6. The Morgan fingerprint density at radius 3 is 2.63 bits per heavy atom. The first-order chi connectivity index (χ1) is 9.08. The van der Waals surface area contributed by atoms with Gasteiger partial charge in [-0.2, -0.15) is 0 Å². The number of amides is 1. The van der Waals surface area contributed by atoms with Gasteiger partial charge in [-0.1, -0.05) is 24.3 Å². The van der Waals surface area contributed by atoms with E-state index in [-0.39, 0.29) is 11.7 Å². The summed E-state index contributed by atoms with van der Waals surface area (Å²) in [6.07, 6.45) is 0. The van der Waals surface area contributed by atoms with E-state index in [1.54, 1.807) is 49.4 Å². The first-order valence-electron chi connectivity index (χ1n) is 5.92. The molecular weight excluding hydrogens is 261 g/mol. The van der Waals surface area contributed by atoms with Crippen LogP contribution in [0.25, 0.3) is 0 Å². The molecule has 2 aromatic rings. The Hall–Kier alpha value is -1.81.